The van der Waals surface area contributed by atoms with Gasteiger partial charge in [0.15, 0.2) is 0 Å². The quantitative estimate of drug-likeness (QED) is 0.699. The number of benzene rings is 2. The van der Waals surface area contributed by atoms with E-state index in [2.05, 4.69) is 28.9 Å². The molecule has 6 nitrogen and oxygen atoms in total. The van der Waals surface area contributed by atoms with E-state index in [9.17, 15) is 4.79 Å². The van der Waals surface area contributed by atoms with Gasteiger partial charge in [-0.25, -0.2) is 4.98 Å². The maximum Gasteiger partial charge on any atom is 0.253 e. The molecule has 0 radical (unpaired) electrons. The number of carbonyl (C=O) groups excluding carboxylic acids is 1. The third kappa shape index (κ3) is 4.54. The largest absolute Gasteiger partial charge is 0.457 e. The van der Waals surface area contributed by atoms with Crippen molar-refractivity contribution in [1.82, 2.24) is 9.88 Å². The Hall–Kier alpha value is -3.54. The van der Waals surface area contributed by atoms with Gasteiger partial charge in [0.1, 0.15) is 17.3 Å². The van der Waals surface area contributed by atoms with Crippen molar-refractivity contribution < 1.29 is 9.53 Å². The first kappa shape index (κ1) is 19.8. The molecule has 0 atom stereocenters. The third-order valence-corrected chi connectivity index (χ3v) is 5.37. The number of hydrogen-bond acceptors (Lipinski definition) is 5. The molecule has 0 unspecified atom stereocenters. The molecule has 1 amide bonds. The molecule has 3 aromatic rings. The molecule has 30 heavy (non-hydrogen) atoms. The summed E-state index contributed by atoms with van der Waals surface area (Å²) in [5, 5.41) is 0. The Bertz CT molecular complexity index is 977. The van der Waals surface area contributed by atoms with Crippen LogP contribution in [0.4, 0.5) is 11.5 Å². The van der Waals surface area contributed by atoms with Gasteiger partial charge in [-0.3, -0.25) is 4.79 Å². The average Bonchev–Trinajstić information content (AvgIpc) is 2.80. The zero-order chi connectivity index (χ0) is 20.9. The standard InChI is InChI=1S/C24H26N4O2/c1-2-18-3-8-21(9-4-18)30-22-10-5-19(6-11-22)24(29)28-15-13-27(14-16-28)20-7-12-23(25)26-17-20/h3-12,17H,2,13-16H2,1H3,(H2,25,26). The number of aromatic nitrogens is 1. The minimum absolute atomic E-state index is 0.0453. The molecule has 2 N–H and O–H groups in total. The molecule has 0 bridgehead atoms. The highest BCUT2D eigenvalue weighted by atomic mass is 16.5. The molecule has 1 aromatic heterocycles. The van der Waals surface area contributed by atoms with Crippen molar-refractivity contribution in [3.05, 3.63) is 78.0 Å². The zero-order valence-corrected chi connectivity index (χ0v) is 17.1. The normalized spacial score (nSPS) is 13.9. The summed E-state index contributed by atoms with van der Waals surface area (Å²) in [7, 11) is 0. The lowest BCUT2D eigenvalue weighted by molar-refractivity contribution is 0.0747. The maximum absolute atomic E-state index is 12.9. The SMILES string of the molecule is CCc1ccc(Oc2ccc(C(=O)N3CCN(c4ccc(N)nc4)CC3)cc2)cc1. The number of piperazine rings is 1. The number of nitrogens with zero attached hydrogens (tertiary/aromatic N) is 3. The Morgan fingerprint density at radius 1 is 0.933 bits per heavy atom. The summed E-state index contributed by atoms with van der Waals surface area (Å²) in [6.45, 7) is 5.01. The van der Waals surface area contributed by atoms with Crippen molar-refractivity contribution in [3.63, 3.8) is 0 Å². The van der Waals surface area contributed by atoms with Gasteiger partial charge in [0, 0.05) is 31.7 Å². The minimum Gasteiger partial charge on any atom is -0.457 e. The number of carbonyl (C=O) groups is 1. The van der Waals surface area contributed by atoms with Crippen LogP contribution in [-0.2, 0) is 6.42 Å². The molecule has 2 aromatic carbocycles. The Labute approximate surface area is 176 Å². The van der Waals surface area contributed by atoms with E-state index in [0.717, 1.165) is 36.7 Å². The van der Waals surface area contributed by atoms with Crippen LogP contribution in [0.1, 0.15) is 22.8 Å². The lowest BCUT2D eigenvalue weighted by Crippen LogP contribution is -2.48. The fraction of sp³-hybridized carbons (Fsp3) is 0.250. The molecule has 2 heterocycles. The van der Waals surface area contributed by atoms with Crippen LogP contribution in [0.25, 0.3) is 0 Å². The van der Waals surface area contributed by atoms with Gasteiger partial charge in [-0.2, -0.15) is 0 Å². The fourth-order valence-electron chi connectivity index (χ4n) is 3.53. The smallest absolute Gasteiger partial charge is 0.253 e. The summed E-state index contributed by atoms with van der Waals surface area (Å²) in [6.07, 6.45) is 2.78. The Morgan fingerprint density at radius 2 is 1.57 bits per heavy atom. The molecule has 6 heteroatoms. The van der Waals surface area contributed by atoms with Crippen LogP contribution in [0.3, 0.4) is 0 Å². The van der Waals surface area contributed by atoms with Gasteiger partial charge in [0.05, 0.1) is 11.9 Å². The van der Waals surface area contributed by atoms with E-state index < -0.39 is 0 Å². The van der Waals surface area contributed by atoms with Gasteiger partial charge in [0.2, 0.25) is 0 Å². The van der Waals surface area contributed by atoms with Crippen LogP contribution in [-0.4, -0.2) is 42.0 Å². The van der Waals surface area contributed by atoms with E-state index in [1.54, 1.807) is 12.3 Å². The lowest BCUT2D eigenvalue weighted by atomic mass is 10.1. The maximum atomic E-state index is 12.9. The summed E-state index contributed by atoms with van der Waals surface area (Å²) in [4.78, 5) is 21.1. The van der Waals surface area contributed by atoms with Gasteiger partial charge in [-0.1, -0.05) is 19.1 Å². The van der Waals surface area contributed by atoms with Gasteiger partial charge >= 0.3 is 0 Å². The van der Waals surface area contributed by atoms with Crippen molar-refractivity contribution in [2.24, 2.45) is 0 Å². The third-order valence-electron chi connectivity index (χ3n) is 5.37. The number of aryl methyl sites for hydroxylation is 1. The molecule has 0 saturated carbocycles. The molecular weight excluding hydrogens is 376 g/mol. The first-order valence-corrected chi connectivity index (χ1v) is 10.2. The van der Waals surface area contributed by atoms with E-state index in [1.165, 1.54) is 5.56 Å². The van der Waals surface area contributed by atoms with Crippen LogP contribution in [0.15, 0.2) is 66.9 Å². The van der Waals surface area contributed by atoms with Gasteiger partial charge in [-0.05, 0) is 60.5 Å². The first-order chi connectivity index (χ1) is 14.6. The van der Waals surface area contributed by atoms with Crippen LogP contribution >= 0.6 is 0 Å². The zero-order valence-electron chi connectivity index (χ0n) is 17.1. The number of nitrogen functional groups attached to an aromatic ring is 1. The Kier molecular flexibility index (Phi) is 5.84. The number of nitrogens with two attached hydrogens (primary N) is 1. The summed E-state index contributed by atoms with van der Waals surface area (Å²) >= 11 is 0. The number of amides is 1. The monoisotopic (exact) mass is 402 g/mol. The number of ether oxygens (including phenoxy) is 1. The Balaban J connectivity index is 1.34. The van der Waals surface area contributed by atoms with Crippen LogP contribution in [0, 0.1) is 0 Å². The van der Waals surface area contributed by atoms with E-state index in [4.69, 9.17) is 10.5 Å². The molecule has 1 aliphatic rings. The fourth-order valence-corrected chi connectivity index (χ4v) is 3.53. The number of anilines is 2. The van der Waals surface area contributed by atoms with Crippen molar-refractivity contribution in [2.75, 3.05) is 36.8 Å². The first-order valence-electron chi connectivity index (χ1n) is 10.2. The van der Waals surface area contributed by atoms with Crippen molar-refractivity contribution in [3.8, 4) is 11.5 Å². The topological polar surface area (TPSA) is 71.7 Å². The Morgan fingerprint density at radius 3 is 2.13 bits per heavy atom. The number of rotatable bonds is 5. The second kappa shape index (κ2) is 8.86. The van der Waals surface area contributed by atoms with E-state index in [-0.39, 0.29) is 5.91 Å². The summed E-state index contributed by atoms with van der Waals surface area (Å²) in [5.41, 5.74) is 8.64. The van der Waals surface area contributed by atoms with Crippen molar-refractivity contribution >= 4 is 17.4 Å². The van der Waals surface area contributed by atoms with Crippen LogP contribution < -0.4 is 15.4 Å². The van der Waals surface area contributed by atoms with Gasteiger partial charge in [-0.15, -0.1) is 0 Å². The minimum atomic E-state index is 0.0453. The predicted octanol–water partition coefficient (Wildman–Crippen LogP) is 3.98. The predicted molar refractivity (Wildman–Crippen MR) is 119 cm³/mol. The second-order valence-electron chi connectivity index (χ2n) is 7.34. The van der Waals surface area contributed by atoms with Crippen molar-refractivity contribution in [2.45, 2.75) is 13.3 Å². The highest BCUT2D eigenvalue weighted by Crippen LogP contribution is 2.23. The number of pyridine rings is 1. The van der Waals surface area contributed by atoms with Gasteiger partial charge in [0.25, 0.3) is 5.91 Å². The molecule has 1 aliphatic heterocycles. The van der Waals surface area contributed by atoms with Gasteiger partial charge < -0.3 is 20.3 Å². The summed E-state index contributed by atoms with van der Waals surface area (Å²) < 4.78 is 5.88. The molecule has 0 spiro atoms. The van der Waals surface area contributed by atoms with Crippen LogP contribution in [0.2, 0.25) is 0 Å². The summed E-state index contributed by atoms with van der Waals surface area (Å²) in [6, 6.07) is 19.2. The average molecular weight is 402 g/mol. The van der Waals surface area contributed by atoms with E-state index in [1.807, 2.05) is 47.4 Å². The molecule has 1 fully saturated rings. The number of hydrogen-bond donors (Lipinski definition) is 1. The molecular formula is C24H26N4O2. The molecule has 0 aliphatic carbocycles. The molecule has 4 rings (SSSR count). The molecule has 1 saturated heterocycles. The lowest BCUT2D eigenvalue weighted by Gasteiger charge is -2.36. The van der Waals surface area contributed by atoms with E-state index in [0.29, 0.717) is 24.5 Å². The summed E-state index contributed by atoms with van der Waals surface area (Å²) in [5.74, 6) is 2.07. The highest BCUT2D eigenvalue weighted by Gasteiger charge is 2.22. The van der Waals surface area contributed by atoms with Crippen LogP contribution in [0.5, 0.6) is 11.5 Å². The molecule has 154 valence electrons. The van der Waals surface area contributed by atoms with E-state index >= 15 is 0 Å². The highest BCUT2D eigenvalue weighted by molar-refractivity contribution is 5.94. The second-order valence-corrected chi connectivity index (χ2v) is 7.34. The van der Waals surface area contributed by atoms with Crippen molar-refractivity contribution in [1.29, 1.82) is 0 Å².